The summed E-state index contributed by atoms with van der Waals surface area (Å²) < 4.78 is 5.03. The van der Waals surface area contributed by atoms with Crippen LogP contribution < -0.4 is 4.90 Å². The molecule has 1 N–H and O–H groups in total. The zero-order valence-electron chi connectivity index (χ0n) is 9.77. The van der Waals surface area contributed by atoms with Crippen molar-refractivity contribution in [3.05, 3.63) is 28.3 Å². The van der Waals surface area contributed by atoms with E-state index in [2.05, 4.69) is 0 Å². The van der Waals surface area contributed by atoms with Crippen molar-refractivity contribution in [2.45, 2.75) is 6.92 Å². The number of nitrogens with zero attached hydrogens (tertiary/aromatic N) is 1. The van der Waals surface area contributed by atoms with Crippen LogP contribution in [0, 0.1) is 6.92 Å². The third kappa shape index (κ3) is 2.32. The van der Waals surface area contributed by atoms with Gasteiger partial charge in [0.1, 0.15) is 6.61 Å². The smallest absolute Gasteiger partial charge is 0.337 e. The molecule has 18 heavy (non-hydrogen) atoms. The number of hydrogen-bond acceptors (Lipinski definition) is 3. The summed E-state index contributed by atoms with van der Waals surface area (Å²) in [4.78, 5) is 24.5. The molecule has 0 saturated carbocycles. The van der Waals surface area contributed by atoms with Crippen LogP contribution in [0.1, 0.15) is 15.9 Å². The Morgan fingerprint density at radius 3 is 2.83 bits per heavy atom. The number of benzene rings is 1. The predicted molar refractivity (Wildman–Crippen MR) is 66.3 cm³/mol. The topological polar surface area (TPSA) is 66.8 Å². The number of aromatic carboxylic acids is 1. The molecule has 6 heteroatoms. The van der Waals surface area contributed by atoms with Crippen LogP contribution in [-0.2, 0) is 9.53 Å². The van der Waals surface area contributed by atoms with Gasteiger partial charge in [0.2, 0.25) is 0 Å². The van der Waals surface area contributed by atoms with Crippen molar-refractivity contribution < 1.29 is 19.4 Å². The van der Waals surface area contributed by atoms with Crippen LogP contribution in [0.2, 0.25) is 5.02 Å². The summed E-state index contributed by atoms with van der Waals surface area (Å²) in [5.41, 5.74) is 1.10. The molecule has 1 amide bonds. The molecule has 1 aromatic rings. The largest absolute Gasteiger partial charge is 0.478 e. The Kier molecular flexibility index (Phi) is 3.54. The molecule has 1 aliphatic heterocycles. The molecule has 5 nitrogen and oxygen atoms in total. The number of rotatable bonds is 2. The van der Waals surface area contributed by atoms with Crippen molar-refractivity contribution in [1.29, 1.82) is 0 Å². The van der Waals surface area contributed by atoms with Gasteiger partial charge in [-0.1, -0.05) is 11.6 Å². The quantitative estimate of drug-likeness (QED) is 0.888. The van der Waals surface area contributed by atoms with Gasteiger partial charge in [0.15, 0.2) is 0 Å². The fourth-order valence-corrected chi connectivity index (χ4v) is 2.28. The molecule has 0 aliphatic carbocycles. The van der Waals surface area contributed by atoms with Gasteiger partial charge in [-0.05, 0) is 24.6 Å². The highest BCUT2D eigenvalue weighted by molar-refractivity contribution is 6.31. The summed E-state index contributed by atoms with van der Waals surface area (Å²) in [6, 6.07) is 3.00. The monoisotopic (exact) mass is 269 g/mol. The molecule has 0 radical (unpaired) electrons. The summed E-state index contributed by atoms with van der Waals surface area (Å²) in [5, 5.41) is 9.55. The van der Waals surface area contributed by atoms with E-state index in [0.29, 0.717) is 29.4 Å². The lowest BCUT2D eigenvalue weighted by molar-refractivity contribution is -0.125. The van der Waals surface area contributed by atoms with Crippen LogP contribution in [0.3, 0.4) is 0 Å². The molecule has 1 aliphatic rings. The highest BCUT2D eigenvalue weighted by Gasteiger charge is 2.26. The van der Waals surface area contributed by atoms with E-state index < -0.39 is 5.97 Å². The van der Waals surface area contributed by atoms with Crippen molar-refractivity contribution in [2.24, 2.45) is 0 Å². The highest BCUT2D eigenvalue weighted by Crippen LogP contribution is 2.30. The zero-order valence-corrected chi connectivity index (χ0v) is 10.5. The van der Waals surface area contributed by atoms with Gasteiger partial charge >= 0.3 is 5.97 Å². The molecule has 0 spiro atoms. The number of carbonyl (C=O) groups is 2. The van der Waals surface area contributed by atoms with Crippen molar-refractivity contribution >= 4 is 29.2 Å². The molecule has 0 atom stereocenters. The number of morpholine rings is 1. The van der Waals surface area contributed by atoms with Crippen molar-refractivity contribution in [3.63, 3.8) is 0 Å². The maximum absolute atomic E-state index is 11.8. The minimum Gasteiger partial charge on any atom is -0.478 e. The molecule has 2 rings (SSSR count). The fraction of sp³-hybridized carbons (Fsp3) is 0.333. The van der Waals surface area contributed by atoms with Crippen LogP contribution in [0.25, 0.3) is 0 Å². The summed E-state index contributed by atoms with van der Waals surface area (Å²) in [7, 11) is 0. The first-order chi connectivity index (χ1) is 8.50. The average Bonchev–Trinajstić information content (AvgIpc) is 2.29. The molecule has 96 valence electrons. The number of anilines is 1. The molecule has 1 aromatic carbocycles. The molecule has 0 unspecified atom stereocenters. The van der Waals surface area contributed by atoms with Crippen LogP contribution >= 0.6 is 11.6 Å². The minimum atomic E-state index is -1.10. The zero-order chi connectivity index (χ0) is 13.3. The Morgan fingerprint density at radius 2 is 2.22 bits per heavy atom. The molecule has 1 fully saturated rings. The molecular weight excluding hydrogens is 258 g/mol. The van der Waals surface area contributed by atoms with Crippen molar-refractivity contribution in [2.75, 3.05) is 24.7 Å². The van der Waals surface area contributed by atoms with Gasteiger partial charge in [-0.2, -0.15) is 0 Å². The second-order valence-electron chi connectivity index (χ2n) is 4.02. The lowest BCUT2D eigenvalue weighted by Gasteiger charge is -2.29. The predicted octanol–water partition coefficient (Wildman–Crippen LogP) is 1.71. The van der Waals surface area contributed by atoms with Crippen molar-refractivity contribution in [3.8, 4) is 0 Å². The lowest BCUT2D eigenvalue weighted by atomic mass is 10.1. The van der Waals surface area contributed by atoms with Crippen LogP contribution in [-0.4, -0.2) is 36.7 Å². The van der Waals surface area contributed by atoms with E-state index in [1.165, 1.54) is 11.0 Å². The van der Waals surface area contributed by atoms with E-state index in [1.54, 1.807) is 13.0 Å². The maximum Gasteiger partial charge on any atom is 0.337 e. The fourth-order valence-electron chi connectivity index (χ4n) is 2.01. The molecular formula is C12H12ClNO4. The summed E-state index contributed by atoms with van der Waals surface area (Å²) in [6.45, 7) is 2.45. The summed E-state index contributed by atoms with van der Waals surface area (Å²) >= 11 is 5.85. The van der Waals surface area contributed by atoms with Gasteiger partial charge in [-0.25, -0.2) is 4.79 Å². The third-order valence-corrected chi connectivity index (χ3v) is 2.97. The Balaban J connectivity index is 2.54. The maximum atomic E-state index is 11.8. The number of carboxylic acids is 1. The van der Waals surface area contributed by atoms with E-state index in [4.69, 9.17) is 16.3 Å². The van der Waals surface area contributed by atoms with Crippen LogP contribution in [0.4, 0.5) is 5.69 Å². The van der Waals surface area contributed by atoms with Gasteiger partial charge in [0.25, 0.3) is 5.91 Å². The normalized spacial score (nSPS) is 15.9. The number of ether oxygens (including phenoxy) is 1. The first-order valence-corrected chi connectivity index (χ1v) is 5.80. The van der Waals surface area contributed by atoms with E-state index in [9.17, 15) is 14.7 Å². The number of carbonyl (C=O) groups excluding carboxylic acids is 1. The highest BCUT2D eigenvalue weighted by atomic mass is 35.5. The van der Waals surface area contributed by atoms with E-state index >= 15 is 0 Å². The number of carboxylic acid groups (broad SMARTS) is 1. The van der Waals surface area contributed by atoms with E-state index in [0.717, 1.165) is 0 Å². The molecule has 0 bridgehead atoms. The Hall–Kier alpha value is -1.59. The van der Waals surface area contributed by atoms with Gasteiger partial charge in [0, 0.05) is 11.6 Å². The van der Waals surface area contributed by atoms with Crippen LogP contribution in [0.15, 0.2) is 12.1 Å². The Labute approximate surface area is 109 Å². The molecule has 1 saturated heterocycles. The Morgan fingerprint density at radius 1 is 1.50 bits per heavy atom. The van der Waals surface area contributed by atoms with Gasteiger partial charge < -0.3 is 14.7 Å². The standard InChI is InChI=1S/C12H12ClNO4/c1-7-4-8(13)5-9(12(16)17)11(7)14-2-3-18-6-10(14)15/h4-5H,2-3,6H2,1H3,(H,16,17). The summed E-state index contributed by atoms with van der Waals surface area (Å²) in [6.07, 6.45) is 0. The minimum absolute atomic E-state index is 0.0267. The molecule has 1 heterocycles. The van der Waals surface area contributed by atoms with Gasteiger partial charge in [-0.15, -0.1) is 0 Å². The second-order valence-corrected chi connectivity index (χ2v) is 4.46. The van der Waals surface area contributed by atoms with Gasteiger partial charge in [0.05, 0.1) is 17.9 Å². The van der Waals surface area contributed by atoms with E-state index in [-0.39, 0.29) is 18.1 Å². The first-order valence-electron chi connectivity index (χ1n) is 5.42. The number of halogens is 1. The van der Waals surface area contributed by atoms with E-state index in [1.807, 2.05) is 0 Å². The SMILES string of the molecule is Cc1cc(Cl)cc(C(=O)O)c1N1CCOCC1=O. The number of hydrogen-bond donors (Lipinski definition) is 1. The average molecular weight is 270 g/mol. The second kappa shape index (κ2) is 4.96. The Bertz CT molecular complexity index is 515. The number of aryl methyl sites for hydroxylation is 1. The lowest BCUT2D eigenvalue weighted by Crippen LogP contribution is -2.42. The van der Waals surface area contributed by atoms with Crippen molar-refractivity contribution in [1.82, 2.24) is 0 Å². The molecule has 0 aromatic heterocycles. The summed E-state index contributed by atoms with van der Waals surface area (Å²) in [5.74, 6) is -1.34. The van der Waals surface area contributed by atoms with Gasteiger partial charge in [-0.3, -0.25) is 4.79 Å². The number of amides is 1. The first kappa shape index (κ1) is 12.9. The third-order valence-electron chi connectivity index (χ3n) is 2.75. The van der Waals surface area contributed by atoms with Crippen LogP contribution in [0.5, 0.6) is 0 Å².